The zero-order chi connectivity index (χ0) is 15.5. The quantitative estimate of drug-likeness (QED) is 0.483. The number of carbonyl (C=O) groups is 2. The number of methoxy groups -OCH3 is 1. The minimum atomic E-state index is -1.35. The van der Waals surface area contributed by atoms with Crippen molar-refractivity contribution in [2.75, 3.05) is 7.11 Å². The van der Waals surface area contributed by atoms with Gasteiger partial charge in [0.15, 0.2) is 5.41 Å². The van der Waals surface area contributed by atoms with Crippen LogP contribution in [0.15, 0.2) is 43.0 Å². The molecule has 4 atom stereocenters. The molecule has 0 radical (unpaired) electrons. The lowest BCUT2D eigenvalue weighted by atomic mass is 9.73. The van der Waals surface area contributed by atoms with Gasteiger partial charge in [0.25, 0.3) is 0 Å². The highest BCUT2D eigenvalue weighted by atomic mass is 16.5. The molecule has 2 rings (SSSR count). The lowest BCUT2D eigenvalue weighted by molar-refractivity contribution is -0.150. The molecule has 0 unspecified atom stereocenters. The van der Waals surface area contributed by atoms with Crippen LogP contribution in [0.2, 0.25) is 0 Å². The average Bonchev–Trinajstić information content (AvgIpc) is 2.89. The zero-order valence-corrected chi connectivity index (χ0v) is 11.9. The Bertz CT molecular complexity index is 590. The lowest BCUT2D eigenvalue weighted by Gasteiger charge is -2.27. The van der Waals surface area contributed by atoms with Crippen LogP contribution in [0, 0.1) is 28.6 Å². The third-order valence-corrected chi connectivity index (χ3v) is 4.34. The summed E-state index contributed by atoms with van der Waals surface area (Å²) in [7, 11) is 1.26. The van der Waals surface area contributed by atoms with Crippen LogP contribution in [0.25, 0.3) is 0 Å². The molecule has 0 N–H and O–H groups in total. The van der Waals surface area contributed by atoms with Crippen molar-refractivity contribution in [1.29, 1.82) is 5.26 Å². The van der Waals surface area contributed by atoms with E-state index < -0.39 is 23.2 Å². The van der Waals surface area contributed by atoms with Crippen LogP contribution in [-0.4, -0.2) is 19.4 Å². The lowest BCUT2D eigenvalue weighted by Crippen LogP contribution is -2.35. The van der Waals surface area contributed by atoms with Crippen LogP contribution in [0.4, 0.5) is 0 Å². The Labute approximate surface area is 124 Å². The Morgan fingerprint density at radius 3 is 2.62 bits per heavy atom. The summed E-state index contributed by atoms with van der Waals surface area (Å²) >= 11 is 0. The highest BCUT2D eigenvalue weighted by molar-refractivity contribution is 5.84. The number of aldehydes is 1. The van der Waals surface area contributed by atoms with Crippen LogP contribution < -0.4 is 0 Å². The summed E-state index contributed by atoms with van der Waals surface area (Å²) in [5, 5.41) is 9.68. The maximum absolute atomic E-state index is 12.3. The molecule has 0 saturated heterocycles. The maximum Gasteiger partial charge on any atom is 0.326 e. The topological polar surface area (TPSA) is 67.2 Å². The fourth-order valence-electron chi connectivity index (χ4n) is 3.35. The second-order valence-electron chi connectivity index (χ2n) is 5.28. The summed E-state index contributed by atoms with van der Waals surface area (Å²) in [5.41, 5.74) is -0.550. The van der Waals surface area contributed by atoms with E-state index in [1.165, 1.54) is 7.11 Å². The van der Waals surface area contributed by atoms with Gasteiger partial charge in [-0.3, -0.25) is 4.79 Å². The first-order chi connectivity index (χ1) is 10.1. The van der Waals surface area contributed by atoms with Crippen molar-refractivity contribution >= 4 is 12.3 Å². The van der Waals surface area contributed by atoms with E-state index in [9.17, 15) is 14.9 Å². The van der Waals surface area contributed by atoms with Crippen molar-refractivity contribution in [3.05, 3.63) is 48.6 Å². The monoisotopic (exact) mass is 283 g/mol. The average molecular weight is 283 g/mol. The van der Waals surface area contributed by atoms with Gasteiger partial charge in [0, 0.05) is 11.8 Å². The van der Waals surface area contributed by atoms with Gasteiger partial charge in [-0.05, 0) is 17.9 Å². The molecule has 0 aromatic heterocycles. The summed E-state index contributed by atoms with van der Waals surface area (Å²) in [5.74, 6) is -1.78. The predicted octanol–water partition coefficient (Wildman–Crippen LogP) is 2.47. The van der Waals surface area contributed by atoms with E-state index in [4.69, 9.17) is 4.74 Å². The Morgan fingerprint density at radius 1 is 1.48 bits per heavy atom. The van der Waals surface area contributed by atoms with E-state index in [0.717, 1.165) is 11.8 Å². The third-order valence-electron chi connectivity index (χ3n) is 4.34. The fourth-order valence-corrected chi connectivity index (χ4v) is 3.35. The number of ether oxygens (including phenoxy) is 1. The van der Waals surface area contributed by atoms with Gasteiger partial charge in [-0.1, -0.05) is 36.4 Å². The summed E-state index contributed by atoms with van der Waals surface area (Å²) in [6.07, 6.45) is 2.73. The summed E-state index contributed by atoms with van der Waals surface area (Å²) in [6.45, 7) is 3.73. The van der Waals surface area contributed by atoms with Gasteiger partial charge in [-0.15, -0.1) is 6.58 Å². The van der Waals surface area contributed by atoms with Crippen LogP contribution in [-0.2, 0) is 14.3 Å². The van der Waals surface area contributed by atoms with E-state index in [-0.39, 0.29) is 12.3 Å². The van der Waals surface area contributed by atoms with Crippen LogP contribution >= 0.6 is 0 Å². The van der Waals surface area contributed by atoms with Gasteiger partial charge in [0.1, 0.15) is 6.29 Å². The molecule has 0 heterocycles. The highest BCUT2D eigenvalue weighted by Gasteiger charge is 2.59. The van der Waals surface area contributed by atoms with Crippen molar-refractivity contribution in [1.82, 2.24) is 0 Å². The van der Waals surface area contributed by atoms with Crippen molar-refractivity contribution in [2.24, 2.45) is 17.3 Å². The largest absolute Gasteiger partial charge is 0.468 e. The molecular formula is C17H17NO3. The van der Waals surface area contributed by atoms with E-state index in [1.807, 2.05) is 30.3 Å². The molecule has 0 spiro atoms. The SMILES string of the molecule is C=C[C@H]1C[C@@](C#N)(C(=O)OC)[C@H](c2ccccc2)[C@H]1C=O. The number of benzene rings is 1. The summed E-state index contributed by atoms with van der Waals surface area (Å²) in [6, 6.07) is 11.3. The Morgan fingerprint density at radius 2 is 2.14 bits per heavy atom. The van der Waals surface area contributed by atoms with Crippen molar-refractivity contribution in [2.45, 2.75) is 12.3 Å². The molecule has 0 amide bonds. The van der Waals surface area contributed by atoms with Crippen LogP contribution in [0.1, 0.15) is 17.9 Å². The van der Waals surface area contributed by atoms with Gasteiger partial charge in [-0.2, -0.15) is 5.26 Å². The molecule has 1 aliphatic carbocycles. The number of hydrogen-bond acceptors (Lipinski definition) is 4. The van der Waals surface area contributed by atoms with Gasteiger partial charge >= 0.3 is 5.97 Å². The minimum absolute atomic E-state index is 0.216. The van der Waals surface area contributed by atoms with Gasteiger partial charge in [0.2, 0.25) is 0 Å². The normalized spacial score (nSPS) is 31.1. The molecule has 1 fully saturated rings. The van der Waals surface area contributed by atoms with Gasteiger partial charge in [-0.25, -0.2) is 0 Å². The van der Waals surface area contributed by atoms with Gasteiger partial charge in [0.05, 0.1) is 13.2 Å². The molecule has 21 heavy (non-hydrogen) atoms. The van der Waals surface area contributed by atoms with E-state index in [1.54, 1.807) is 6.08 Å². The second-order valence-corrected chi connectivity index (χ2v) is 5.28. The Kier molecular flexibility index (Phi) is 4.23. The molecule has 1 aromatic carbocycles. The minimum Gasteiger partial charge on any atom is -0.468 e. The number of allylic oxidation sites excluding steroid dienone is 1. The molecule has 1 aliphatic rings. The molecule has 1 aromatic rings. The Hall–Kier alpha value is -2.41. The van der Waals surface area contributed by atoms with E-state index in [2.05, 4.69) is 12.6 Å². The predicted molar refractivity (Wildman–Crippen MR) is 77.1 cm³/mol. The van der Waals surface area contributed by atoms with Crippen LogP contribution in [0.3, 0.4) is 0 Å². The van der Waals surface area contributed by atoms with Crippen LogP contribution in [0.5, 0.6) is 0 Å². The smallest absolute Gasteiger partial charge is 0.326 e. The molecule has 4 heteroatoms. The van der Waals surface area contributed by atoms with Gasteiger partial charge < -0.3 is 9.53 Å². The molecular weight excluding hydrogens is 266 g/mol. The van der Waals surface area contributed by atoms with Crippen molar-refractivity contribution in [3.8, 4) is 6.07 Å². The number of esters is 1. The molecule has 0 bridgehead atoms. The third kappa shape index (κ3) is 2.25. The number of carbonyl (C=O) groups excluding carboxylic acids is 2. The standard InChI is InChI=1S/C17H17NO3/c1-3-12-9-17(11-18,16(20)21-2)15(14(12)10-19)13-7-5-4-6-8-13/h3-8,10,12,14-15H,1,9H2,2H3/t12-,14-,15+,17-/m0/s1. The molecule has 0 aliphatic heterocycles. The summed E-state index contributed by atoms with van der Waals surface area (Å²) < 4.78 is 4.85. The maximum atomic E-state index is 12.3. The van der Waals surface area contributed by atoms with E-state index >= 15 is 0 Å². The second kappa shape index (κ2) is 5.92. The molecule has 108 valence electrons. The van der Waals surface area contributed by atoms with Crippen molar-refractivity contribution in [3.63, 3.8) is 0 Å². The Balaban J connectivity index is 2.62. The van der Waals surface area contributed by atoms with E-state index in [0.29, 0.717) is 0 Å². The number of nitriles is 1. The highest BCUT2D eigenvalue weighted by Crippen LogP contribution is 2.55. The first-order valence-electron chi connectivity index (χ1n) is 6.77. The summed E-state index contributed by atoms with van der Waals surface area (Å²) in [4.78, 5) is 23.8. The molecule has 1 saturated carbocycles. The first kappa shape index (κ1) is 15.0. The number of nitrogens with zero attached hydrogens (tertiary/aromatic N) is 1. The first-order valence-corrected chi connectivity index (χ1v) is 6.77. The molecule has 4 nitrogen and oxygen atoms in total. The fraction of sp³-hybridized carbons (Fsp3) is 0.353. The van der Waals surface area contributed by atoms with Crippen molar-refractivity contribution < 1.29 is 14.3 Å². The number of hydrogen-bond donors (Lipinski definition) is 0. The zero-order valence-electron chi connectivity index (χ0n) is 11.9. The number of rotatable bonds is 4.